The SMILES string of the molecule is O=C1Nc2c(csc2Cl)S(=O)(=O)N1. The topological polar surface area (TPSA) is 75.3 Å². The van der Waals surface area contributed by atoms with E-state index in [4.69, 9.17) is 11.6 Å². The zero-order valence-electron chi connectivity index (χ0n) is 6.00. The largest absolute Gasteiger partial charge is 0.333 e. The fourth-order valence-electron chi connectivity index (χ4n) is 0.944. The third kappa shape index (κ3) is 1.28. The van der Waals surface area contributed by atoms with Crippen LogP contribution >= 0.6 is 22.9 Å². The summed E-state index contributed by atoms with van der Waals surface area (Å²) in [5.74, 6) is 0. The molecule has 1 aromatic rings. The second kappa shape index (κ2) is 2.60. The van der Waals surface area contributed by atoms with Gasteiger partial charge in [-0.25, -0.2) is 17.9 Å². The van der Waals surface area contributed by atoms with Crippen LogP contribution in [0.3, 0.4) is 0 Å². The Labute approximate surface area is 82.8 Å². The molecule has 0 fully saturated rings. The minimum Gasteiger partial charge on any atom is -0.304 e. The minimum atomic E-state index is -3.71. The Balaban J connectivity index is 2.72. The van der Waals surface area contributed by atoms with Crippen LogP contribution in [0.15, 0.2) is 10.3 Å². The van der Waals surface area contributed by atoms with Crippen LogP contribution in [0.25, 0.3) is 0 Å². The fourth-order valence-corrected chi connectivity index (χ4v) is 3.43. The normalized spacial score (nSPS) is 18.7. The zero-order chi connectivity index (χ0) is 9.64. The van der Waals surface area contributed by atoms with Gasteiger partial charge in [0.2, 0.25) is 0 Å². The number of carbonyl (C=O) groups is 1. The molecule has 2 amide bonds. The maximum absolute atomic E-state index is 11.3. The Kier molecular flexibility index (Phi) is 1.76. The van der Waals surface area contributed by atoms with Crippen molar-refractivity contribution in [2.24, 2.45) is 0 Å². The molecule has 0 aromatic carbocycles. The molecular formula is C5H3ClN2O3S2. The fraction of sp³-hybridized carbons (Fsp3) is 0. The van der Waals surface area contributed by atoms with Gasteiger partial charge in [-0.2, -0.15) is 0 Å². The maximum atomic E-state index is 11.3. The monoisotopic (exact) mass is 238 g/mol. The summed E-state index contributed by atoms with van der Waals surface area (Å²) in [7, 11) is -3.71. The third-order valence-corrected chi connectivity index (χ3v) is 4.19. The minimum absolute atomic E-state index is 0.0158. The Morgan fingerprint density at radius 3 is 2.85 bits per heavy atom. The summed E-state index contributed by atoms with van der Waals surface area (Å²) in [4.78, 5) is 10.9. The van der Waals surface area contributed by atoms with Gasteiger partial charge in [0, 0.05) is 5.38 Å². The van der Waals surface area contributed by atoms with E-state index >= 15 is 0 Å². The summed E-state index contributed by atoms with van der Waals surface area (Å²) < 4.78 is 24.6. The average Bonchev–Trinajstić information content (AvgIpc) is 2.31. The number of halogens is 1. The first-order chi connectivity index (χ1) is 6.00. The number of sulfonamides is 1. The predicted molar refractivity (Wildman–Crippen MR) is 48.7 cm³/mol. The molecular weight excluding hydrogens is 236 g/mol. The standard InChI is InChI=1S/C5H3ClN2O3S2/c6-4-3-2(1-12-4)13(10,11)8-5(9)7-3/h1H,(H2,7,8,9). The van der Waals surface area contributed by atoms with E-state index in [-0.39, 0.29) is 14.9 Å². The molecule has 2 heterocycles. The summed E-state index contributed by atoms with van der Waals surface area (Å²) in [6.07, 6.45) is 0. The summed E-state index contributed by atoms with van der Waals surface area (Å²) in [5.41, 5.74) is 0.162. The summed E-state index contributed by atoms with van der Waals surface area (Å²) in [6.45, 7) is 0. The number of rotatable bonds is 0. The van der Waals surface area contributed by atoms with Crippen molar-refractivity contribution in [1.82, 2.24) is 4.72 Å². The van der Waals surface area contributed by atoms with E-state index in [1.165, 1.54) is 5.38 Å². The molecule has 0 radical (unpaired) electrons. The molecule has 0 unspecified atom stereocenters. The van der Waals surface area contributed by atoms with Gasteiger partial charge in [0.25, 0.3) is 10.0 Å². The van der Waals surface area contributed by atoms with Crippen molar-refractivity contribution >= 4 is 44.7 Å². The van der Waals surface area contributed by atoms with E-state index in [1.807, 2.05) is 0 Å². The van der Waals surface area contributed by atoms with Crippen molar-refractivity contribution < 1.29 is 13.2 Å². The highest BCUT2D eigenvalue weighted by Gasteiger charge is 2.30. The lowest BCUT2D eigenvalue weighted by Crippen LogP contribution is -2.38. The van der Waals surface area contributed by atoms with Gasteiger partial charge in [0.05, 0.1) is 5.69 Å². The summed E-state index contributed by atoms with van der Waals surface area (Å²) in [5, 5.41) is 3.69. The molecule has 0 aliphatic carbocycles. The zero-order valence-corrected chi connectivity index (χ0v) is 8.39. The van der Waals surface area contributed by atoms with Gasteiger partial charge in [-0.05, 0) is 0 Å². The molecule has 2 rings (SSSR count). The molecule has 0 atom stereocenters. The summed E-state index contributed by atoms with van der Waals surface area (Å²) >= 11 is 6.72. The first-order valence-electron chi connectivity index (χ1n) is 3.11. The van der Waals surface area contributed by atoms with E-state index in [0.717, 1.165) is 11.3 Å². The van der Waals surface area contributed by atoms with Crippen LogP contribution in [-0.2, 0) is 10.0 Å². The van der Waals surface area contributed by atoms with Crippen LogP contribution in [0.2, 0.25) is 4.34 Å². The van der Waals surface area contributed by atoms with Crippen molar-refractivity contribution in [1.29, 1.82) is 0 Å². The van der Waals surface area contributed by atoms with Crippen molar-refractivity contribution in [3.8, 4) is 0 Å². The van der Waals surface area contributed by atoms with Crippen LogP contribution in [0.1, 0.15) is 0 Å². The number of hydrogen-bond donors (Lipinski definition) is 2. The van der Waals surface area contributed by atoms with Gasteiger partial charge in [-0.3, -0.25) is 0 Å². The van der Waals surface area contributed by atoms with E-state index in [0.29, 0.717) is 0 Å². The third-order valence-electron chi connectivity index (χ3n) is 1.47. The van der Waals surface area contributed by atoms with Crippen molar-refractivity contribution in [3.63, 3.8) is 0 Å². The van der Waals surface area contributed by atoms with Gasteiger partial charge in [0.1, 0.15) is 9.23 Å². The van der Waals surface area contributed by atoms with Crippen molar-refractivity contribution in [3.05, 3.63) is 9.72 Å². The first kappa shape index (κ1) is 8.79. The number of nitrogens with one attached hydrogen (secondary N) is 2. The first-order valence-corrected chi connectivity index (χ1v) is 5.85. The van der Waals surface area contributed by atoms with Crippen LogP contribution in [0.4, 0.5) is 10.5 Å². The van der Waals surface area contributed by atoms with Crippen molar-refractivity contribution in [2.75, 3.05) is 5.32 Å². The average molecular weight is 239 g/mol. The number of urea groups is 1. The molecule has 0 spiro atoms. The van der Waals surface area contributed by atoms with Gasteiger partial charge in [0.15, 0.2) is 0 Å². The molecule has 0 saturated carbocycles. The van der Waals surface area contributed by atoms with Gasteiger partial charge in [-0.1, -0.05) is 11.6 Å². The molecule has 1 aromatic heterocycles. The van der Waals surface area contributed by atoms with Crippen LogP contribution in [0.5, 0.6) is 0 Å². The molecule has 8 heteroatoms. The highest BCUT2D eigenvalue weighted by Crippen LogP contribution is 2.37. The lowest BCUT2D eigenvalue weighted by Gasteiger charge is -2.14. The summed E-state index contributed by atoms with van der Waals surface area (Å²) in [6, 6.07) is -0.784. The molecule has 13 heavy (non-hydrogen) atoms. The molecule has 2 N–H and O–H groups in total. The van der Waals surface area contributed by atoms with Crippen LogP contribution in [0, 0.1) is 0 Å². The van der Waals surface area contributed by atoms with E-state index in [1.54, 1.807) is 4.72 Å². The van der Waals surface area contributed by atoms with E-state index < -0.39 is 16.1 Å². The van der Waals surface area contributed by atoms with Crippen molar-refractivity contribution in [2.45, 2.75) is 4.90 Å². The van der Waals surface area contributed by atoms with Gasteiger partial charge < -0.3 is 5.32 Å². The van der Waals surface area contributed by atoms with Gasteiger partial charge >= 0.3 is 6.03 Å². The Hall–Kier alpha value is -0.790. The number of carbonyl (C=O) groups excluding carboxylic acids is 1. The number of anilines is 1. The molecule has 0 saturated heterocycles. The lowest BCUT2D eigenvalue weighted by atomic mass is 10.5. The van der Waals surface area contributed by atoms with E-state index in [2.05, 4.69) is 5.32 Å². The van der Waals surface area contributed by atoms with Gasteiger partial charge in [-0.15, -0.1) is 11.3 Å². The Morgan fingerprint density at radius 2 is 2.15 bits per heavy atom. The number of amides is 2. The predicted octanol–water partition coefficient (Wildman–Crippen LogP) is 1.23. The quantitative estimate of drug-likeness (QED) is 0.714. The number of fused-ring (bicyclic) bond motifs is 1. The Bertz CT molecular complexity index is 478. The molecule has 70 valence electrons. The maximum Gasteiger partial charge on any atom is 0.333 e. The van der Waals surface area contributed by atoms with E-state index in [9.17, 15) is 13.2 Å². The second-order valence-electron chi connectivity index (χ2n) is 2.31. The Morgan fingerprint density at radius 1 is 1.46 bits per heavy atom. The lowest BCUT2D eigenvalue weighted by molar-refractivity contribution is 0.256. The molecule has 0 bridgehead atoms. The highest BCUT2D eigenvalue weighted by atomic mass is 35.5. The molecule has 1 aliphatic rings. The second-order valence-corrected chi connectivity index (χ2v) is 5.44. The molecule has 1 aliphatic heterocycles. The molecule has 5 nitrogen and oxygen atoms in total. The highest BCUT2D eigenvalue weighted by molar-refractivity contribution is 7.90. The smallest absolute Gasteiger partial charge is 0.304 e. The van der Waals surface area contributed by atoms with Crippen LogP contribution in [-0.4, -0.2) is 14.4 Å². The number of thiophene rings is 1. The number of hydrogen-bond acceptors (Lipinski definition) is 4. The van der Waals surface area contributed by atoms with Crippen LogP contribution < -0.4 is 10.0 Å².